The Kier molecular flexibility index (Phi) is 4.76. The maximum Gasteiger partial charge on any atom is 0.323 e. The fourth-order valence-corrected chi connectivity index (χ4v) is 3.19. The van der Waals surface area contributed by atoms with E-state index >= 15 is 0 Å². The summed E-state index contributed by atoms with van der Waals surface area (Å²) < 4.78 is 0.0285. The molecule has 0 unspecified atom stereocenters. The first-order valence-corrected chi connectivity index (χ1v) is 7.44. The van der Waals surface area contributed by atoms with Crippen LogP contribution in [0.2, 0.25) is 0 Å². The molecule has 2 amide bonds. The first kappa shape index (κ1) is 16.1. The van der Waals surface area contributed by atoms with Crippen molar-refractivity contribution in [3.8, 4) is 0 Å². The minimum atomic E-state index is -0.978. The van der Waals surface area contributed by atoms with Gasteiger partial charge in [-0.05, 0) is 34.6 Å². The van der Waals surface area contributed by atoms with Gasteiger partial charge < -0.3 is 14.9 Å². The first-order chi connectivity index (χ1) is 8.53. The quantitative estimate of drug-likeness (QED) is 0.845. The summed E-state index contributed by atoms with van der Waals surface area (Å²) in [5.41, 5.74) is -0.496. The van der Waals surface area contributed by atoms with Gasteiger partial charge in [0.1, 0.15) is 6.54 Å². The van der Waals surface area contributed by atoms with Gasteiger partial charge >= 0.3 is 12.0 Å². The molecule has 0 aromatic carbocycles. The Morgan fingerprint density at radius 2 is 1.95 bits per heavy atom. The number of hydrogen-bond acceptors (Lipinski definition) is 3. The van der Waals surface area contributed by atoms with Gasteiger partial charge in [0.15, 0.2) is 0 Å². The molecule has 6 heteroatoms. The molecule has 1 aliphatic heterocycles. The highest BCUT2D eigenvalue weighted by Gasteiger charge is 2.36. The van der Waals surface area contributed by atoms with E-state index in [1.165, 1.54) is 4.90 Å². The summed E-state index contributed by atoms with van der Waals surface area (Å²) in [4.78, 5) is 26.7. The lowest BCUT2D eigenvalue weighted by Gasteiger charge is -2.43. The third-order valence-corrected chi connectivity index (χ3v) is 4.33. The van der Waals surface area contributed by atoms with E-state index < -0.39 is 11.5 Å². The molecule has 0 radical (unpaired) electrons. The molecular formula is C13H24N2O3S. The lowest BCUT2D eigenvalue weighted by atomic mass is 10.1. The Hall–Kier alpha value is -0.910. The Bertz CT molecular complexity index is 363. The normalized spacial score (nSPS) is 19.1. The molecule has 0 bridgehead atoms. The van der Waals surface area contributed by atoms with Crippen molar-refractivity contribution in [2.75, 3.05) is 25.4 Å². The van der Waals surface area contributed by atoms with Gasteiger partial charge in [0.25, 0.3) is 0 Å². The van der Waals surface area contributed by atoms with Crippen LogP contribution < -0.4 is 0 Å². The largest absolute Gasteiger partial charge is 0.480 e. The van der Waals surface area contributed by atoms with Crippen LogP contribution in [0.15, 0.2) is 0 Å². The highest BCUT2D eigenvalue weighted by atomic mass is 32.2. The van der Waals surface area contributed by atoms with Crippen LogP contribution in [0.25, 0.3) is 0 Å². The summed E-state index contributed by atoms with van der Waals surface area (Å²) in [5, 5.41) is 8.98. The summed E-state index contributed by atoms with van der Waals surface area (Å²) in [7, 11) is 0. The number of rotatable bonds is 2. The van der Waals surface area contributed by atoms with Crippen molar-refractivity contribution in [1.82, 2.24) is 9.80 Å². The molecule has 0 aliphatic carbocycles. The zero-order chi connectivity index (χ0) is 14.8. The maximum absolute atomic E-state index is 12.5. The number of thioether (sulfide) groups is 1. The number of hydrogen-bond donors (Lipinski definition) is 1. The third-order valence-electron chi connectivity index (χ3n) is 3.03. The van der Waals surface area contributed by atoms with Gasteiger partial charge in [-0.15, -0.1) is 0 Å². The van der Waals surface area contributed by atoms with Crippen LogP contribution in [0.3, 0.4) is 0 Å². The van der Waals surface area contributed by atoms with Gasteiger partial charge in [0.2, 0.25) is 0 Å². The van der Waals surface area contributed by atoms with Gasteiger partial charge in [-0.2, -0.15) is 11.8 Å². The fraction of sp³-hybridized carbons (Fsp3) is 0.846. The molecule has 0 spiro atoms. The predicted molar refractivity (Wildman–Crippen MR) is 77.6 cm³/mol. The minimum absolute atomic E-state index is 0.0285. The lowest BCUT2D eigenvalue weighted by molar-refractivity contribution is -0.138. The fourth-order valence-electron chi connectivity index (χ4n) is 2.08. The van der Waals surface area contributed by atoms with Crippen molar-refractivity contribution in [3.05, 3.63) is 0 Å². The highest BCUT2D eigenvalue weighted by Crippen LogP contribution is 2.30. The Balaban J connectivity index is 2.84. The number of aliphatic carboxylic acids is 1. The second-order valence-electron chi connectivity index (χ2n) is 6.46. The molecule has 1 aliphatic rings. The highest BCUT2D eigenvalue weighted by molar-refractivity contribution is 8.00. The maximum atomic E-state index is 12.5. The van der Waals surface area contributed by atoms with Gasteiger partial charge in [-0.3, -0.25) is 4.79 Å². The van der Waals surface area contributed by atoms with E-state index in [9.17, 15) is 9.59 Å². The molecular weight excluding hydrogens is 264 g/mol. The van der Waals surface area contributed by atoms with E-state index in [1.807, 2.05) is 32.5 Å². The Morgan fingerprint density at radius 1 is 1.37 bits per heavy atom. The molecule has 0 atom stereocenters. The van der Waals surface area contributed by atoms with Crippen LogP contribution in [0.1, 0.15) is 34.6 Å². The second-order valence-corrected chi connectivity index (χ2v) is 8.27. The molecule has 1 heterocycles. The van der Waals surface area contributed by atoms with Crippen molar-refractivity contribution in [2.24, 2.45) is 0 Å². The zero-order valence-electron chi connectivity index (χ0n) is 12.4. The number of carboxylic acid groups (broad SMARTS) is 1. The van der Waals surface area contributed by atoms with Crippen LogP contribution in [0, 0.1) is 0 Å². The van der Waals surface area contributed by atoms with Gasteiger partial charge in [-0.1, -0.05) is 0 Å². The smallest absolute Gasteiger partial charge is 0.323 e. The summed E-state index contributed by atoms with van der Waals surface area (Å²) in [5.74, 6) is -0.0852. The summed E-state index contributed by atoms with van der Waals surface area (Å²) in [6.07, 6.45) is 0. The minimum Gasteiger partial charge on any atom is -0.480 e. The molecule has 0 aromatic heterocycles. The third kappa shape index (κ3) is 4.60. The van der Waals surface area contributed by atoms with Crippen molar-refractivity contribution >= 4 is 23.8 Å². The van der Waals surface area contributed by atoms with E-state index in [1.54, 1.807) is 4.90 Å². The molecule has 0 aromatic rings. The lowest BCUT2D eigenvalue weighted by Crippen LogP contribution is -2.57. The molecule has 1 N–H and O–H groups in total. The molecule has 110 valence electrons. The molecule has 1 fully saturated rings. The molecule has 5 nitrogen and oxygen atoms in total. The Morgan fingerprint density at radius 3 is 2.37 bits per heavy atom. The van der Waals surface area contributed by atoms with Crippen molar-refractivity contribution in [3.63, 3.8) is 0 Å². The number of urea groups is 1. The van der Waals surface area contributed by atoms with E-state index in [0.717, 1.165) is 5.75 Å². The standard InChI is InChI=1S/C13H24N2O3S/c1-12(2,3)15(8-10(16)17)11(18)14-6-7-19-13(4,5)9-14/h6-9H2,1-5H3,(H,16,17). The number of carbonyl (C=O) groups excluding carboxylic acids is 1. The van der Waals surface area contributed by atoms with E-state index in [0.29, 0.717) is 13.1 Å². The summed E-state index contributed by atoms with van der Waals surface area (Å²) in [6.45, 7) is 10.9. The molecule has 19 heavy (non-hydrogen) atoms. The van der Waals surface area contributed by atoms with Gasteiger partial charge in [0, 0.05) is 29.1 Å². The average molecular weight is 288 g/mol. The van der Waals surface area contributed by atoms with Gasteiger partial charge in [-0.25, -0.2) is 4.79 Å². The number of carboxylic acids is 1. The van der Waals surface area contributed by atoms with Crippen molar-refractivity contribution in [2.45, 2.75) is 44.9 Å². The zero-order valence-corrected chi connectivity index (χ0v) is 13.2. The predicted octanol–water partition coefficient (Wildman–Crippen LogP) is 2.12. The monoisotopic (exact) mass is 288 g/mol. The second kappa shape index (κ2) is 5.61. The topological polar surface area (TPSA) is 60.9 Å². The van der Waals surface area contributed by atoms with Crippen LogP contribution in [-0.4, -0.2) is 62.6 Å². The SMILES string of the molecule is CC1(C)CN(C(=O)N(CC(=O)O)C(C)(C)C)CCS1. The Labute approximate surface area is 119 Å². The number of nitrogens with zero attached hydrogens (tertiary/aromatic N) is 2. The molecule has 1 saturated heterocycles. The van der Waals surface area contributed by atoms with Crippen molar-refractivity contribution < 1.29 is 14.7 Å². The molecule has 1 rings (SSSR count). The number of amides is 2. The average Bonchev–Trinajstić information content (AvgIpc) is 2.21. The summed E-state index contributed by atoms with van der Waals surface area (Å²) in [6, 6.07) is -0.178. The van der Waals surface area contributed by atoms with Crippen LogP contribution in [0.5, 0.6) is 0 Å². The van der Waals surface area contributed by atoms with E-state index in [2.05, 4.69) is 13.8 Å². The van der Waals surface area contributed by atoms with Crippen molar-refractivity contribution in [1.29, 1.82) is 0 Å². The first-order valence-electron chi connectivity index (χ1n) is 6.45. The molecule has 0 saturated carbocycles. The van der Waals surface area contributed by atoms with Crippen LogP contribution in [0.4, 0.5) is 4.79 Å². The van der Waals surface area contributed by atoms with Crippen LogP contribution >= 0.6 is 11.8 Å². The van der Waals surface area contributed by atoms with E-state index in [-0.39, 0.29) is 17.3 Å². The van der Waals surface area contributed by atoms with Crippen LogP contribution in [-0.2, 0) is 4.79 Å². The van der Waals surface area contributed by atoms with E-state index in [4.69, 9.17) is 5.11 Å². The van der Waals surface area contributed by atoms with Gasteiger partial charge in [0.05, 0.1) is 0 Å². The summed E-state index contributed by atoms with van der Waals surface area (Å²) >= 11 is 1.85. The number of carbonyl (C=O) groups is 2.